The molecule has 0 aromatic carbocycles. The van der Waals surface area contributed by atoms with E-state index in [1.165, 1.54) is 0 Å². The molecule has 0 heterocycles. The lowest BCUT2D eigenvalue weighted by atomic mass is 10.0. The standard InChI is InChI=1S/C14H22O5/c1-4-6-10-18-13(16)9-7-8-11(3)14(17)19-12(15)5-2/h5,11H,2,4,6-10H2,1,3H3. The number of carbonyl (C=O) groups is 3. The summed E-state index contributed by atoms with van der Waals surface area (Å²) in [5, 5.41) is 0. The number of hydrogen-bond acceptors (Lipinski definition) is 5. The molecule has 108 valence electrons. The maximum absolute atomic E-state index is 11.4. The lowest BCUT2D eigenvalue weighted by Crippen LogP contribution is -2.18. The maximum atomic E-state index is 11.4. The molecule has 0 aliphatic heterocycles. The predicted octanol–water partition coefficient (Wildman–Crippen LogP) is 2.39. The Bertz CT molecular complexity index is 322. The quantitative estimate of drug-likeness (QED) is 0.278. The largest absolute Gasteiger partial charge is 0.466 e. The highest BCUT2D eigenvalue weighted by molar-refractivity contribution is 5.92. The topological polar surface area (TPSA) is 69.7 Å². The molecule has 0 fully saturated rings. The van der Waals surface area contributed by atoms with Crippen LogP contribution in [0, 0.1) is 5.92 Å². The summed E-state index contributed by atoms with van der Waals surface area (Å²) in [6.07, 6.45) is 4.06. The number of carbonyl (C=O) groups excluding carboxylic acids is 3. The summed E-state index contributed by atoms with van der Waals surface area (Å²) < 4.78 is 9.47. The van der Waals surface area contributed by atoms with Crippen LogP contribution in [0.1, 0.15) is 46.0 Å². The zero-order chi connectivity index (χ0) is 14.7. The van der Waals surface area contributed by atoms with Crippen LogP contribution >= 0.6 is 0 Å². The van der Waals surface area contributed by atoms with Gasteiger partial charge < -0.3 is 9.47 Å². The van der Waals surface area contributed by atoms with Crippen LogP contribution < -0.4 is 0 Å². The minimum Gasteiger partial charge on any atom is -0.466 e. The summed E-state index contributed by atoms with van der Waals surface area (Å²) >= 11 is 0. The highest BCUT2D eigenvalue weighted by Crippen LogP contribution is 2.10. The highest BCUT2D eigenvalue weighted by atomic mass is 16.6. The van der Waals surface area contributed by atoms with E-state index < -0.39 is 17.9 Å². The van der Waals surface area contributed by atoms with Gasteiger partial charge in [-0.1, -0.05) is 26.8 Å². The van der Waals surface area contributed by atoms with E-state index >= 15 is 0 Å². The Balaban J connectivity index is 3.75. The van der Waals surface area contributed by atoms with Crippen molar-refractivity contribution in [3.63, 3.8) is 0 Å². The van der Waals surface area contributed by atoms with Gasteiger partial charge in [0.2, 0.25) is 0 Å². The molecule has 0 aliphatic carbocycles. The van der Waals surface area contributed by atoms with E-state index in [4.69, 9.17) is 4.74 Å². The Kier molecular flexibility index (Phi) is 9.40. The van der Waals surface area contributed by atoms with Crippen LogP contribution in [0.4, 0.5) is 0 Å². The van der Waals surface area contributed by atoms with Gasteiger partial charge in [-0.3, -0.25) is 9.59 Å². The SMILES string of the molecule is C=CC(=O)OC(=O)C(C)CCCC(=O)OCCCC. The third-order valence-electron chi connectivity index (χ3n) is 2.55. The molecule has 5 nitrogen and oxygen atoms in total. The fourth-order valence-corrected chi connectivity index (χ4v) is 1.31. The van der Waals surface area contributed by atoms with E-state index in [-0.39, 0.29) is 12.4 Å². The molecular weight excluding hydrogens is 248 g/mol. The molecule has 0 bridgehead atoms. The summed E-state index contributed by atoms with van der Waals surface area (Å²) in [5.41, 5.74) is 0. The van der Waals surface area contributed by atoms with Crippen molar-refractivity contribution in [1.82, 2.24) is 0 Å². The molecule has 5 heteroatoms. The molecular formula is C14H22O5. The first-order valence-electron chi connectivity index (χ1n) is 6.55. The average Bonchev–Trinajstić information content (AvgIpc) is 2.38. The van der Waals surface area contributed by atoms with Crippen LogP contribution in [0.5, 0.6) is 0 Å². The van der Waals surface area contributed by atoms with Crippen LogP contribution in [0.25, 0.3) is 0 Å². The van der Waals surface area contributed by atoms with Gasteiger partial charge in [0, 0.05) is 12.5 Å². The normalized spacial score (nSPS) is 11.5. The Morgan fingerprint density at radius 1 is 1.26 bits per heavy atom. The van der Waals surface area contributed by atoms with Crippen molar-refractivity contribution >= 4 is 17.9 Å². The molecule has 1 atom stereocenters. The monoisotopic (exact) mass is 270 g/mol. The van der Waals surface area contributed by atoms with Crippen LogP contribution in [-0.2, 0) is 23.9 Å². The van der Waals surface area contributed by atoms with Gasteiger partial charge in [0.15, 0.2) is 0 Å². The third kappa shape index (κ3) is 8.99. The fourth-order valence-electron chi connectivity index (χ4n) is 1.31. The van der Waals surface area contributed by atoms with E-state index in [2.05, 4.69) is 11.3 Å². The molecule has 0 aromatic rings. The molecule has 0 amide bonds. The Labute approximate surface area is 114 Å². The van der Waals surface area contributed by atoms with Gasteiger partial charge in [0.05, 0.1) is 12.5 Å². The van der Waals surface area contributed by atoms with E-state index in [0.29, 0.717) is 19.4 Å². The van der Waals surface area contributed by atoms with Crippen molar-refractivity contribution in [3.05, 3.63) is 12.7 Å². The number of esters is 3. The number of rotatable bonds is 9. The van der Waals surface area contributed by atoms with E-state index in [1.54, 1.807) is 6.92 Å². The molecule has 0 saturated heterocycles. The first kappa shape index (κ1) is 17.4. The van der Waals surface area contributed by atoms with Crippen LogP contribution in [-0.4, -0.2) is 24.5 Å². The van der Waals surface area contributed by atoms with E-state index in [1.807, 2.05) is 6.92 Å². The average molecular weight is 270 g/mol. The molecule has 19 heavy (non-hydrogen) atoms. The summed E-state index contributed by atoms with van der Waals surface area (Å²) in [6, 6.07) is 0. The zero-order valence-corrected chi connectivity index (χ0v) is 11.6. The number of hydrogen-bond donors (Lipinski definition) is 0. The second-order valence-electron chi connectivity index (χ2n) is 4.31. The highest BCUT2D eigenvalue weighted by Gasteiger charge is 2.17. The maximum Gasteiger partial charge on any atom is 0.337 e. The lowest BCUT2D eigenvalue weighted by molar-refractivity contribution is -0.159. The molecule has 0 rings (SSSR count). The summed E-state index contributed by atoms with van der Waals surface area (Å²) in [4.78, 5) is 33.5. The van der Waals surface area contributed by atoms with E-state index in [9.17, 15) is 14.4 Å². The first-order valence-corrected chi connectivity index (χ1v) is 6.55. The smallest absolute Gasteiger partial charge is 0.337 e. The summed E-state index contributed by atoms with van der Waals surface area (Å²) in [5.74, 6) is -2.02. The fraction of sp³-hybridized carbons (Fsp3) is 0.643. The zero-order valence-electron chi connectivity index (χ0n) is 11.6. The summed E-state index contributed by atoms with van der Waals surface area (Å²) in [6.45, 7) is 7.32. The molecule has 0 aromatic heterocycles. The summed E-state index contributed by atoms with van der Waals surface area (Å²) in [7, 11) is 0. The molecule has 1 unspecified atom stereocenters. The molecule has 0 aliphatic rings. The number of ether oxygens (including phenoxy) is 2. The van der Waals surface area contributed by atoms with Gasteiger partial charge in [-0.2, -0.15) is 0 Å². The minimum atomic E-state index is -0.754. The first-order chi connectivity index (χ1) is 9.01. The van der Waals surface area contributed by atoms with Gasteiger partial charge in [-0.05, 0) is 19.3 Å². The molecule has 0 saturated carbocycles. The van der Waals surface area contributed by atoms with Gasteiger partial charge in [-0.25, -0.2) is 4.79 Å². The molecule has 0 N–H and O–H groups in total. The van der Waals surface area contributed by atoms with Crippen LogP contribution in [0.2, 0.25) is 0 Å². The van der Waals surface area contributed by atoms with Gasteiger partial charge in [0.1, 0.15) is 0 Å². The van der Waals surface area contributed by atoms with Crippen molar-refractivity contribution in [2.45, 2.75) is 46.0 Å². The predicted molar refractivity (Wildman–Crippen MR) is 70.2 cm³/mol. The van der Waals surface area contributed by atoms with Gasteiger partial charge >= 0.3 is 17.9 Å². The van der Waals surface area contributed by atoms with Gasteiger partial charge in [-0.15, -0.1) is 0 Å². The molecule has 0 spiro atoms. The van der Waals surface area contributed by atoms with Crippen LogP contribution in [0.3, 0.4) is 0 Å². The van der Waals surface area contributed by atoms with Crippen molar-refractivity contribution in [2.75, 3.05) is 6.61 Å². The Morgan fingerprint density at radius 2 is 1.95 bits per heavy atom. The minimum absolute atomic E-state index is 0.254. The lowest BCUT2D eigenvalue weighted by Gasteiger charge is -2.09. The van der Waals surface area contributed by atoms with E-state index in [0.717, 1.165) is 18.9 Å². The second-order valence-corrected chi connectivity index (χ2v) is 4.31. The number of unbranched alkanes of at least 4 members (excludes halogenated alkanes) is 1. The Hall–Kier alpha value is -1.65. The Morgan fingerprint density at radius 3 is 2.53 bits per heavy atom. The third-order valence-corrected chi connectivity index (χ3v) is 2.55. The van der Waals surface area contributed by atoms with Gasteiger partial charge in [0.25, 0.3) is 0 Å². The van der Waals surface area contributed by atoms with Crippen molar-refractivity contribution in [1.29, 1.82) is 0 Å². The second kappa shape index (κ2) is 10.3. The van der Waals surface area contributed by atoms with Crippen molar-refractivity contribution in [2.24, 2.45) is 5.92 Å². The van der Waals surface area contributed by atoms with Crippen LogP contribution in [0.15, 0.2) is 12.7 Å². The van der Waals surface area contributed by atoms with Crippen molar-refractivity contribution in [3.8, 4) is 0 Å². The van der Waals surface area contributed by atoms with Crippen molar-refractivity contribution < 1.29 is 23.9 Å². The molecule has 0 radical (unpaired) electrons.